The van der Waals surface area contributed by atoms with Gasteiger partial charge in [0.25, 0.3) is 0 Å². The minimum Gasteiger partial charge on any atom is -0.382 e. The Morgan fingerprint density at radius 1 is 1.19 bits per heavy atom. The first-order chi connectivity index (χ1) is 9.77. The van der Waals surface area contributed by atoms with Crippen molar-refractivity contribution in [2.24, 2.45) is 11.8 Å². The predicted octanol–water partition coefficient (Wildman–Crippen LogP) is 5.64. The highest BCUT2D eigenvalue weighted by atomic mass is 19.4. The molecule has 1 aliphatic carbocycles. The topological polar surface area (TPSA) is 12.0 Å². The molecule has 1 aromatic carbocycles. The van der Waals surface area contributed by atoms with Gasteiger partial charge in [-0.2, -0.15) is 13.2 Å². The molecule has 2 unspecified atom stereocenters. The van der Waals surface area contributed by atoms with Gasteiger partial charge in [-0.1, -0.05) is 32.8 Å². The fourth-order valence-electron chi connectivity index (χ4n) is 3.22. The highest BCUT2D eigenvalue weighted by Gasteiger charge is 2.32. The van der Waals surface area contributed by atoms with Crippen LogP contribution in [0.25, 0.3) is 0 Å². The van der Waals surface area contributed by atoms with Crippen LogP contribution in [0.1, 0.15) is 50.7 Å². The normalized spacial score (nSPS) is 23.4. The van der Waals surface area contributed by atoms with Crippen LogP contribution in [0, 0.1) is 18.8 Å². The molecule has 0 radical (unpaired) electrons. The highest BCUT2D eigenvalue weighted by Crippen LogP contribution is 2.35. The van der Waals surface area contributed by atoms with E-state index < -0.39 is 11.7 Å². The molecule has 118 valence electrons. The number of rotatable bonds is 3. The standard InChI is InChI=1S/C17H24F3N/c1-11(2)13-5-4-6-14(9-13)21-15-8-7-12(3)16(10-15)17(18,19)20/h7-8,10-11,13-14,21H,4-6,9H2,1-3H3. The second-order valence-corrected chi connectivity index (χ2v) is 6.54. The van der Waals surface area contributed by atoms with Crippen LogP contribution >= 0.6 is 0 Å². The molecular formula is C17H24F3N. The van der Waals surface area contributed by atoms with E-state index in [0.717, 1.165) is 19.3 Å². The monoisotopic (exact) mass is 299 g/mol. The maximum absolute atomic E-state index is 12.9. The van der Waals surface area contributed by atoms with Gasteiger partial charge in [-0.25, -0.2) is 0 Å². The summed E-state index contributed by atoms with van der Waals surface area (Å²) in [4.78, 5) is 0. The molecule has 4 heteroatoms. The summed E-state index contributed by atoms with van der Waals surface area (Å²) < 4.78 is 38.8. The zero-order chi connectivity index (χ0) is 15.6. The molecular weight excluding hydrogens is 275 g/mol. The van der Waals surface area contributed by atoms with Gasteiger partial charge in [0.05, 0.1) is 5.56 Å². The zero-order valence-corrected chi connectivity index (χ0v) is 12.9. The number of benzene rings is 1. The molecule has 1 fully saturated rings. The number of anilines is 1. The fourth-order valence-corrected chi connectivity index (χ4v) is 3.22. The number of nitrogens with one attached hydrogen (secondary N) is 1. The lowest BCUT2D eigenvalue weighted by molar-refractivity contribution is -0.138. The fraction of sp³-hybridized carbons (Fsp3) is 0.647. The van der Waals surface area contributed by atoms with Gasteiger partial charge in [-0.05, 0) is 49.3 Å². The molecule has 2 rings (SSSR count). The van der Waals surface area contributed by atoms with E-state index in [4.69, 9.17) is 0 Å². The molecule has 0 heterocycles. The SMILES string of the molecule is Cc1ccc(NC2CCCC(C(C)C)C2)cc1C(F)(F)F. The third-order valence-corrected chi connectivity index (χ3v) is 4.57. The Balaban J connectivity index is 2.09. The van der Waals surface area contributed by atoms with Crippen LogP contribution in [0.2, 0.25) is 0 Å². The van der Waals surface area contributed by atoms with E-state index in [1.54, 1.807) is 12.1 Å². The largest absolute Gasteiger partial charge is 0.416 e. The quantitative estimate of drug-likeness (QED) is 0.761. The van der Waals surface area contributed by atoms with Crippen molar-refractivity contribution in [3.05, 3.63) is 29.3 Å². The van der Waals surface area contributed by atoms with E-state index in [0.29, 0.717) is 17.5 Å². The summed E-state index contributed by atoms with van der Waals surface area (Å²) in [6.45, 7) is 5.95. The van der Waals surface area contributed by atoms with Crippen molar-refractivity contribution in [1.82, 2.24) is 0 Å². The van der Waals surface area contributed by atoms with E-state index in [1.165, 1.54) is 19.4 Å². The molecule has 1 N–H and O–H groups in total. The van der Waals surface area contributed by atoms with Gasteiger partial charge in [0.2, 0.25) is 0 Å². The summed E-state index contributed by atoms with van der Waals surface area (Å²) in [5.41, 5.74) is 0.322. The summed E-state index contributed by atoms with van der Waals surface area (Å²) in [5.74, 6) is 1.31. The van der Waals surface area contributed by atoms with Crippen LogP contribution < -0.4 is 5.32 Å². The number of halogens is 3. The maximum Gasteiger partial charge on any atom is 0.416 e. The molecule has 0 bridgehead atoms. The lowest BCUT2D eigenvalue weighted by atomic mass is 9.79. The third-order valence-electron chi connectivity index (χ3n) is 4.57. The Morgan fingerprint density at radius 2 is 1.90 bits per heavy atom. The van der Waals surface area contributed by atoms with Crippen molar-refractivity contribution in [1.29, 1.82) is 0 Å². The summed E-state index contributed by atoms with van der Waals surface area (Å²) in [6.07, 6.45) is 0.191. The molecule has 0 aromatic heterocycles. The van der Waals surface area contributed by atoms with Gasteiger partial charge in [0, 0.05) is 11.7 Å². The summed E-state index contributed by atoms with van der Waals surface area (Å²) in [7, 11) is 0. The van der Waals surface area contributed by atoms with Crippen molar-refractivity contribution in [2.45, 2.75) is 58.7 Å². The molecule has 0 spiro atoms. The molecule has 0 amide bonds. The Labute approximate surface area is 124 Å². The first-order valence-corrected chi connectivity index (χ1v) is 7.71. The van der Waals surface area contributed by atoms with E-state index in [9.17, 15) is 13.2 Å². The molecule has 0 aliphatic heterocycles. The van der Waals surface area contributed by atoms with Crippen molar-refractivity contribution in [2.75, 3.05) is 5.32 Å². The molecule has 1 aliphatic rings. The summed E-state index contributed by atoms with van der Waals surface area (Å²) in [5, 5.41) is 3.31. The molecule has 0 saturated heterocycles. The second-order valence-electron chi connectivity index (χ2n) is 6.54. The van der Waals surface area contributed by atoms with Crippen LogP contribution in [0.4, 0.5) is 18.9 Å². The van der Waals surface area contributed by atoms with Crippen molar-refractivity contribution in [3.63, 3.8) is 0 Å². The summed E-state index contributed by atoms with van der Waals surface area (Å²) >= 11 is 0. The number of aryl methyl sites for hydroxylation is 1. The van der Waals surface area contributed by atoms with Gasteiger partial charge in [0.1, 0.15) is 0 Å². The van der Waals surface area contributed by atoms with Crippen LogP contribution in [0.15, 0.2) is 18.2 Å². The van der Waals surface area contributed by atoms with Crippen molar-refractivity contribution >= 4 is 5.69 Å². The summed E-state index contributed by atoms with van der Waals surface area (Å²) in [6, 6.07) is 4.83. The first kappa shape index (κ1) is 16.2. The lowest BCUT2D eigenvalue weighted by Gasteiger charge is -2.32. The maximum atomic E-state index is 12.9. The average Bonchev–Trinajstić information content (AvgIpc) is 2.40. The van der Waals surface area contributed by atoms with Crippen LogP contribution in [0.5, 0.6) is 0 Å². The number of hydrogen-bond donors (Lipinski definition) is 1. The van der Waals surface area contributed by atoms with E-state index in [2.05, 4.69) is 19.2 Å². The van der Waals surface area contributed by atoms with Crippen LogP contribution in [-0.4, -0.2) is 6.04 Å². The Kier molecular flexibility index (Phi) is 4.84. The second kappa shape index (κ2) is 6.29. The molecule has 21 heavy (non-hydrogen) atoms. The van der Waals surface area contributed by atoms with Gasteiger partial charge in [0.15, 0.2) is 0 Å². The minimum atomic E-state index is -4.28. The average molecular weight is 299 g/mol. The van der Waals surface area contributed by atoms with Gasteiger partial charge >= 0.3 is 6.18 Å². The van der Waals surface area contributed by atoms with Crippen molar-refractivity contribution < 1.29 is 13.2 Å². The molecule has 1 nitrogen and oxygen atoms in total. The van der Waals surface area contributed by atoms with Gasteiger partial charge in [-0.15, -0.1) is 0 Å². The van der Waals surface area contributed by atoms with E-state index in [-0.39, 0.29) is 11.6 Å². The highest BCUT2D eigenvalue weighted by molar-refractivity contribution is 5.50. The smallest absolute Gasteiger partial charge is 0.382 e. The van der Waals surface area contributed by atoms with Crippen molar-refractivity contribution in [3.8, 4) is 0 Å². The van der Waals surface area contributed by atoms with E-state index in [1.807, 2.05) is 0 Å². The van der Waals surface area contributed by atoms with Gasteiger partial charge < -0.3 is 5.32 Å². The Hall–Kier alpha value is -1.19. The Morgan fingerprint density at radius 3 is 2.52 bits per heavy atom. The number of hydrogen-bond acceptors (Lipinski definition) is 1. The van der Waals surface area contributed by atoms with Gasteiger partial charge in [-0.3, -0.25) is 0 Å². The molecule has 2 atom stereocenters. The third kappa shape index (κ3) is 4.14. The van der Waals surface area contributed by atoms with Crippen LogP contribution in [-0.2, 0) is 6.18 Å². The number of alkyl halides is 3. The minimum absolute atomic E-state index is 0.275. The molecule has 1 aromatic rings. The Bertz CT molecular complexity index is 479. The molecule has 1 saturated carbocycles. The van der Waals surface area contributed by atoms with Crippen LogP contribution in [0.3, 0.4) is 0 Å². The zero-order valence-electron chi connectivity index (χ0n) is 12.9. The van der Waals surface area contributed by atoms with E-state index >= 15 is 0 Å². The lowest BCUT2D eigenvalue weighted by Crippen LogP contribution is -2.29. The first-order valence-electron chi connectivity index (χ1n) is 7.71. The predicted molar refractivity (Wildman–Crippen MR) is 80.4 cm³/mol.